The first-order valence-electron chi connectivity index (χ1n) is 6.88. The molecule has 2 heterocycles. The predicted octanol–water partition coefficient (Wildman–Crippen LogP) is 2.72. The van der Waals surface area contributed by atoms with Crippen LogP contribution in [0.25, 0.3) is 0 Å². The number of aliphatic hydroxyl groups is 1. The lowest BCUT2D eigenvalue weighted by molar-refractivity contribution is 0.199. The second kappa shape index (κ2) is 5.13. The molecule has 0 spiro atoms. The Morgan fingerprint density at radius 3 is 2.65 bits per heavy atom. The van der Waals surface area contributed by atoms with Crippen molar-refractivity contribution in [3.05, 3.63) is 48.2 Å². The van der Waals surface area contributed by atoms with E-state index in [0.717, 1.165) is 30.2 Å². The Balaban J connectivity index is 2.03. The zero-order chi connectivity index (χ0) is 14.1. The lowest BCUT2D eigenvalue weighted by atomic mass is 10.1. The third-order valence-electron chi connectivity index (χ3n) is 3.77. The van der Waals surface area contributed by atoms with Crippen molar-refractivity contribution in [3.63, 3.8) is 0 Å². The fraction of sp³-hybridized carbons (Fsp3) is 0.312. The van der Waals surface area contributed by atoms with Crippen LogP contribution < -0.4 is 9.80 Å². The van der Waals surface area contributed by atoms with Gasteiger partial charge >= 0.3 is 0 Å². The summed E-state index contributed by atoms with van der Waals surface area (Å²) in [7, 11) is 2.11. The number of anilines is 3. The van der Waals surface area contributed by atoms with Crippen LogP contribution in [0.3, 0.4) is 0 Å². The van der Waals surface area contributed by atoms with Gasteiger partial charge in [-0.2, -0.15) is 0 Å². The minimum absolute atomic E-state index is 0.473. The molecule has 4 heteroatoms. The molecule has 0 bridgehead atoms. The SMILES string of the molecule is C[C@@H](O)c1ccnc(N2CCN(C)c3ccccc32)c1. The van der Waals surface area contributed by atoms with Crippen LogP contribution in [-0.4, -0.2) is 30.2 Å². The predicted molar refractivity (Wildman–Crippen MR) is 81.6 cm³/mol. The van der Waals surface area contributed by atoms with Gasteiger partial charge < -0.3 is 14.9 Å². The van der Waals surface area contributed by atoms with Gasteiger partial charge in [-0.3, -0.25) is 0 Å². The van der Waals surface area contributed by atoms with E-state index in [9.17, 15) is 5.11 Å². The number of nitrogens with zero attached hydrogens (tertiary/aromatic N) is 3. The monoisotopic (exact) mass is 269 g/mol. The quantitative estimate of drug-likeness (QED) is 0.910. The second-order valence-corrected chi connectivity index (χ2v) is 5.19. The number of aliphatic hydroxyl groups excluding tert-OH is 1. The molecule has 0 radical (unpaired) electrons. The third-order valence-corrected chi connectivity index (χ3v) is 3.77. The van der Waals surface area contributed by atoms with Gasteiger partial charge in [-0.1, -0.05) is 12.1 Å². The molecule has 0 aliphatic carbocycles. The normalized spacial score (nSPS) is 15.9. The molecule has 1 N–H and O–H groups in total. The van der Waals surface area contributed by atoms with Gasteiger partial charge in [0.2, 0.25) is 0 Å². The van der Waals surface area contributed by atoms with Crippen molar-refractivity contribution in [2.24, 2.45) is 0 Å². The van der Waals surface area contributed by atoms with E-state index in [1.165, 1.54) is 5.69 Å². The average molecular weight is 269 g/mol. The summed E-state index contributed by atoms with van der Waals surface area (Å²) in [6.07, 6.45) is 1.29. The van der Waals surface area contributed by atoms with Crippen molar-refractivity contribution in [2.75, 3.05) is 29.9 Å². The summed E-state index contributed by atoms with van der Waals surface area (Å²) < 4.78 is 0. The highest BCUT2D eigenvalue weighted by Gasteiger charge is 2.22. The molecular weight excluding hydrogens is 250 g/mol. The van der Waals surface area contributed by atoms with Crippen molar-refractivity contribution in [1.29, 1.82) is 0 Å². The number of fused-ring (bicyclic) bond motifs is 1. The Labute approximate surface area is 119 Å². The smallest absolute Gasteiger partial charge is 0.133 e. The molecular formula is C16H19N3O. The lowest BCUT2D eigenvalue weighted by Gasteiger charge is -2.36. The fourth-order valence-electron chi connectivity index (χ4n) is 2.59. The maximum Gasteiger partial charge on any atom is 0.133 e. The molecule has 1 atom stereocenters. The maximum atomic E-state index is 9.73. The Bertz CT molecular complexity index is 612. The number of rotatable bonds is 2. The van der Waals surface area contributed by atoms with Crippen LogP contribution >= 0.6 is 0 Å². The zero-order valence-corrected chi connectivity index (χ0v) is 11.8. The standard InChI is InChI=1S/C16H19N3O/c1-12(20)13-7-8-17-16(11-13)19-10-9-18(2)14-5-3-4-6-15(14)19/h3-8,11-12,20H,9-10H2,1-2H3/t12-/m1/s1. The van der Waals surface area contributed by atoms with E-state index in [-0.39, 0.29) is 0 Å². The lowest BCUT2D eigenvalue weighted by Crippen LogP contribution is -2.36. The molecule has 1 aromatic heterocycles. The van der Waals surface area contributed by atoms with Gasteiger partial charge in [0.1, 0.15) is 5.82 Å². The molecule has 0 unspecified atom stereocenters. The van der Waals surface area contributed by atoms with Crippen molar-refractivity contribution < 1.29 is 5.11 Å². The first-order chi connectivity index (χ1) is 9.66. The van der Waals surface area contributed by atoms with E-state index in [1.807, 2.05) is 18.2 Å². The Morgan fingerprint density at radius 1 is 1.15 bits per heavy atom. The van der Waals surface area contributed by atoms with Crippen LogP contribution in [0, 0.1) is 0 Å². The van der Waals surface area contributed by atoms with E-state index in [2.05, 4.69) is 40.0 Å². The Hall–Kier alpha value is -2.07. The molecule has 1 aromatic carbocycles. The fourth-order valence-corrected chi connectivity index (χ4v) is 2.59. The molecule has 0 amide bonds. The summed E-state index contributed by atoms with van der Waals surface area (Å²) >= 11 is 0. The molecule has 1 aliphatic rings. The van der Waals surface area contributed by atoms with Gasteiger partial charge in [0.15, 0.2) is 0 Å². The number of likely N-dealkylation sites (N-methyl/N-ethyl adjacent to an activating group) is 1. The molecule has 0 saturated carbocycles. The van der Waals surface area contributed by atoms with Crippen molar-refractivity contribution in [3.8, 4) is 0 Å². The van der Waals surface area contributed by atoms with Crippen LogP contribution in [0.1, 0.15) is 18.6 Å². The van der Waals surface area contributed by atoms with E-state index in [4.69, 9.17) is 0 Å². The largest absolute Gasteiger partial charge is 0.389 e. The Kier molecular flexibility index (Phi) is 3.32. The highest BCUT2D eigenvalue weighted by molar-refractivity contribution is 5.78. The third kappa shape index (κ3) is 2.23. The van der Waals surface area contributed by atoms with Gasteiger partial charge in [0, 0.05) is 26.3 Å². The number of hydrogen-bond donors (Lipinski definition) is 1. The first kappa shape index (κ1) is 12.9. The maximum absolute atomic E-state index is 9.73. The summed E-state index contributed by atoms with van der Waals surface area (Å²) in [6, 6.07) is 12.2. The number of hydrogen-bond acceptors (Lipinski definition) is 4. The van der Waals surface area contributed by atoms with Crippen LogP contribution in [-0.2, 0) is 0 Å². The van der Waals surface area contributed by atoms with E-state index in [0.29, 0.717) is 0 Å². The average Bonchev–Trinajstić information content (AvgIpc) is 2.48. The van der Waals surface area contributed by atoms with Gasteiger partial charge in [-0.25, -0.2) is 4.98 Å². The summed E-state index contributed by atoms with van der Waals surface area (Å²) in [5, 5.41) is 9.73. The summed E-state index contributed by atoms with van der Waals surface area (Å²) in [5.74, 6) is 0.893. The molecule has 4 nitrogen and oxygen atoms in total. The van der Waals surface area contributed by atoms with Gasteiger partial charge in [-0.05, 0) is 36.8 Å². The van der Waals surface area contributed by atoms with Crippen molar-refractivity contribution in [1.82, 2.24) is 4.98 Å². The van der Waals surface area contributed by atoms with Crippen molar-refractivity contribution in [2.45, 2.75) is 13.0 Å². The molecule has 1 aliphatic heterocycles. The Morgan fingerprint density at radius 2 is 1.90 bits per heavy atom. The van der Waals surface area contributed by atoms with E-state index >= 15 is 0 Å². The van der Waals surface area contributed by atoms with Gasteiger partial charge in [-0.15, -0.1) is 0 Å². The number of aromatic nitrogens is 1. The molecule has 0 saturated heterocycles. The zero-order valence-electron chi connectivity index (χ0n) is 11.8. The summed E-state index contributed by atoms with van der Waals surface area (Å²) in [5.41, 5.74) is 3.27. The van der Waals surface area contributed by atoms with Gasteiger partial charge in [0.05, 0.1) is 17.5 Å². The number of pyridine rings is 1. The van der Waals surface area contributed by atoms with Crippen LogP contribution in [0.15, 0.2) is 42.6 Å². The van der Waals surface area contributed by atoms with Crippen molar-refractivity contribution >= 4 is 17.2 Å². The topological polar surface area (TPSA) is 39.6 Å². The molecule has 0 fully saturated rings. The molecule has 104 valence electrons. The van der Waals surface area contributed by atoms with E-state index < -0.39 is 6.10 Å². The number of benzene rings is 1. The van der Waals surface area contributed by atoms with Crippen LogP contribution in [0.5, 0.6) is 0 Å². The highest BCUT2D eigenvalue weighted by Crippen LogP contribution is 2.36. The molecule has 20 heavy (non-hydrogen) atoms. The number of para-hydroxylation sites is 2. The molecule has 3 rings (SSSR count). The minimum Gasteiger partial charge on any atom is -0.389 e. The minimum atomic E-state index is -0.473. The highest BCUT2D eigenvalue weighted by atomic mass is 16.3. The van der Waals surface area contributed by atoms with Gasteiger partial charge in [0.25, 0.3) is 0 Å². The second-order valence-electron chi connectivity index (χ2n) is 5.19. The van der Waals surface area contributed by atoms with E-state index in [1.54, 1.807) is 13.1 Å². The first-order valence-corrected chi connectivity index (χ1v) is 6.88. The molecule has 2 aromatic rings. The van der Waals surface area contributed by atoms with Crippen LogP contribution in [0.4, 0.5) is 17.2 Å². The van der Waals surface area contributed by atoms with Crippen LogP contribution in [0.2, 0.25) is 0 Å². The summed E-state index contributed by atoms with van der Waals surface area (Å²) in [4.78, 5) is 8.93. The summed E-state index contributed by atoms with van der Waals surface area (Å²) in [6.45, 7) is 3.62.